The standard InChI is InChI=1S/C22H27N3O2/c1-15-9-18-19-12-24(3)8-6-20(19)25(21(18)10-16(15)13-26)14-22(2,27)17-5-4-7-23-11-17/h4-5,7,9-11,26-27H,6,8,12-14H2,1-3H3. The summed E-state index contributed by atoms with van der Waals surface area (Å²) in [7, 11) is 2.15. The summed E-state index contributed by atoms with van der Waals surface area (Å²) in [4.78, 5) is 6.50. The van der Waals surface area contributed by atoms with Crippen LogP contribution in [0, 0.1) is 6.92 Å². The molecule has 1 aliphatic rings. The second-order valence-electron chi connectivity index (χ2n) is 7.97. The number of hydrogen-bond donors (Lipinski definition) is 2. The number of pyridine rings is 1. The first-order valence-electron chi connectivity index (χ1n) is 9.46. The predicted molar refractivity (Wildman–Crippen MR) is 106 cm³/mol. The third kappa shape index (κ3) is 3.16. The summed E-state index contributed by atoms with van der Waals surface area (Å²) in [6.45, 7) is 6.29. The lowest BCUT2D eigenvalue weighted by Gasteiger charge is -2.28. The van der Waals surface area contributed by atoms with Crippen LogP contribution in [0.5, 0.6) is 0 Å². The highest BCUT2D eigenvalue weighted by Gasteiger charge is 2.29. The SMILES string of the molecule is Cc1cc2c3c(n(CC(C)(O)c4cccnc4)c2cc1CO)CCN(C)C3. The van der Waals surface area contributed by atoms with Gasteiger partial charge in [-0.1, -0.05) is 6.07 Å². The molecule has 0 radical (unpaired) electrons. The van der Waals surface area contributed by atoms with Crippen LogP contribution in [-0.4, -0.2) is 38.3 Å². The van der Waals surface area contributed by atoms with Crippen molar-refractivity contribution in [2.75, 3.05) is 13.6 Å². The summed E-state index contributed by atoms with van der Waals surface area (Å²) in [6.07, 6.45) is 4.41. The number of hydrogen-bond acceptors (Lipinski definition) is 4. The average Bonchev–Trinajstić information content (AvgIpc) is 2.93. The quantitative estimate of drug-likeness (QED) is 0.746. The highest BCUT2D eigenvalue weighted by molar-refractivity contribution is 5.87. The lowest BCUT2D eigenvalue weighted by atomic mass is 9.97. The van der Waals surface area contributed by atoms with Gasteiger partial charge in [-0.25, -0.2) is 0 Å². The fourth-order valence-corrected chi connectivity index (χ4v) is 4.21. The topological polar surface area (TPSA) is 61.5 Å². The number of aryl methyl sites for hydroxylation is 1. The van der Waals surface area contributed by atoms with Crippen LogP contribution >= 0.6 is 0 Å². The number of benzene rings is 1. The molecule has 3 aromatic rings. The molecule has 1 aromatic carbocycles. The molecule has 4 rings (SSSR count). The molecule has 0 saturated heterocycles. The number of aliphatic hydroxyl groups excluding tert-OH is 1. The largest absolute Gasteiger partial charge is 0.392 e. The maximum absolute atomic E-state index is 11.2. The number of aromatic nitrogens is 2. The van der Waals surface area contributed by atoms with Crippen LogP contribution < -0.4 is 0 Å². The lowest BCUT2D eigenvalue weighted by molar-refractivity contribution is 0.0381. The van der Waals surface area contributed by atoms with E-state index in [1.165, 1.54) is 16.6 Å². The van der Waals surface area contributed by atoms with E-state index in [2.05, 4.69) is 33.6 Å². The van der Waals surface area contributed by atoms with Crippen molar-refractivity contribution >= 4 is 10.9 Å². The van der Waals surface area contributed by atoms with Crippen molar-refractivity contribution in [2.45, 2.75) is 45.6 Å². The van der Waals surface area contributed by atoms with E-state index in [0.717, 1.165) is 41.7 Å². The molecule has 0 fully saturated rings. The molecule has 0 amide bonds. The second kappa shape index (κ2) is 6.75. The monoisotopic (exact) mass is 365 g/mol. The molecule has 5 heteroatoms. The molecule has 2 N–H and O–H groups in total. The van der Waals surface area contributed by atoms with Crippen molar-refractivity contribution in [1.29, 1.82) is 0 Å². The molecule has 0 aliphatic carbocycles. The number of likely N-dealkylation sites (N-methyl/N-ethyl adjacent to an activating group) is 1. The highest BCUT2D eigenvalue weighted by atomic mass is 16.3. The Bertz CT molecular complexity index is 976. The normalized spacial score (nSPS) is 17.1. The Hall–Kier alpha value is -2.21. The molecule has 5 nitrogen and oxygen atoms in total. The van der Waals surface area contributed by atoms with E-state index < -0.39 is 5.60 Å². The van der Waals surface area contributed by atoms with Crippen molar-refractivity contribution in [3.63, 3.8) is 0 Å². The van der Waals surface area contributed by atoms with E-state index in [1.54, 1.807) is 12.4 Å². The Morgan fingerprint density at radius 2 is 2.11 bits per heavy atom. The molecule has 0 spiro atoms. The fraction of sp³-hybridized carbons (Fsp3) is 0.409. The van der Waals surface area contributed by atoms with Crippen molar-refractivity contribution in [3.8, 4) is 0 Å². The molecule has 1 aliphatic heterocycles. The predicted octanol–water partition coefficient (Wildman–Crippen LogP) is 2.73. The Morgan fingerprint density at radius 1 is 1.30 bits per heavy atom. The maximum Gasteiger partial charge on any atom is 0.106 e. The van der Waals surface area contributed by atoms with Gasteiger partial charge in [0.25, 0.3) is 0 Å². The van der Waals surface area contributed by atoms with Crippen LogP contribution in [0.1, 0.15) is 34.9 Å². The fourth-order valence-electron chi connectivity index (χ4n) is 4.21. The minimum Gasteiger partial charge on any atom is -0.392 e. The van der Waals surface area contributed by atoms with Gasteiger partial charge in [-0.2, -0.15) is 0 Å². The number of rotatable bonds is 4. The first-order chi connectivity index (χ1) is 12.9. The van der Waals surface area contributed by atoms with Gasteiger partial charge in [0, 0.05) is 54.1 Å². The van der Waals surface area contributed by atoms with Crippen molar-refractivity contribution in [3.05, 3.63) is 64.6 Å². The Balaban J connectivity index is 1.89. The molecule has 1 unspecified atom stereocenters. The third-order valence-electron chi connectivity index (χ3n) is 5.82. The van der Waals surface area contributed by atoms with E-state index in [-0.39, 0.29) is 6.61 Å². The smallest absolute Gasteiger partial charge is 0.106 e. The van der Waals surface area contributed by atoms with Gasteiger partial charge in [-0.3, -0.25) is 4.98 Å². The highest BCUT2D eigenvalue weighted by Crippen LogP contribution is 2.35. The van der Waals surface area contributed by atoms with Gasteiger partial charge in [0.05, 0.1) is 13.2 Å². The third-order valence-corrected chi connectivity index (χ3v) is 5.82. The summed E-state index contributed by atoms with van der Waals surface area (Å²) in [5.74, 6) is 0. The summed E-state index contributed by atoms with van der Waals surface area (Å²) < 4.78 is 2.25. The van der Waals surface area contributed by atoms with Crippen molar-refractivity contribution in [1.82, 2.24) is 14.5 Å². The minimum atomic E-state index is -1.03. The minimum absolute atomic E-state index is 0.0243. The van der Waals surface area contributed by atoms with Crippen LogP contribution in [0.3, 0.4) is 0 Å². The van der Waals surface area contributed by atoms with Gasteiger partial charge in [0.2, 0.25) is 0 Å². The molecule has 2 aromatic heterocycles. The van der Waals surface area contributed by atoms with Gasteiger partial charge >= 0.3 is 0 Å². The Kier molecular flexibility index (Phi) is 4.54. The van der Waals surface area contributed by atoms with E-state index in [4.69, 9.17) is 0 Å². The average molecular weight is 365 g/mol. The summed E-state index contributed by atoms with van der Waals surface area (Å²) in [6, 6.07) is 8.05. The van der Waals surface area contributed by atoms with E-state index in [9.17, 15) is 10.2 Å². The first-order valence-corrected chi connectivity index (χ1v) is 9.46. The van der Waals surface area contributed by atoms with Gasteiger partial charge in [0.15, 0.2) is 0 Å². The van der Waals surface area contributed by atoms with Crippen LogP contribution in [-0.2, 0) is 31.7 Å². The van der Waals surface area contributed by atoms with E-state index in [1.807, 2.05) is 26.0 Å². The van der Waals surface area contributed by atoms with Crippen molar-refractivity contribution < 1.29 is 10.2 Å². The lowest BCUT2D eigenvalue weighted by Crippen LogP contribution is -2.31. The first kappa shape index (κ1) is 18.2. The molecule has 0 saturated carbocycles. The number of fused-ring (bicyclic) bond motifs is 3. The van der Waals surface area contributed by atoms with Crippen LogP contribution in [0.2, 0.25) is 0 Å². The van der Waals surface area contributed by atoms with Crippen LogP contribution in [0.15, 0.2) is 36.7 Å². The van der Waals surface area contributed by atoms with Crippen LogP contribution in [0.4, 0.5) is 0 Å². The molecular formula is C22H27N3O2. The molecule has 27 heavy (non-hydrogen) atoms. The molecule has 142 valence electrons. The Labute approximate surface area is 159 Å². The van der Waals surface area contributed by atoms with E-state index in [0.29, 0.717) is 6.54 Å². The van der Waals surface area contributed by atoms with Gasteiger partial charge < -0.3 is 19.7 Å². The zero-order chi connectivity index (χ0) is 19.2. The second-order valence-corrected chi connectivity index (χ2v) is 7.97. The summed E-state index contributed by atoms with van der Waals surface area (Å²) in [5.41, 5.74) is 5.55. The van der Waals surface area contributed by atoms with E-state index >= 15 is 0 Å². The Morgan fingerprint density at radius 3 is 2.81 bits per heavy atom. The van der Waals surface area contributed by atoms with Gasteiger partial charge in [-0.15, -0.1) is 0 Å². The molecule has 3 heterocycles. The van der Waals surface area contributed by atoms with Crippen molar-refractivity contribution in [2.24, 2.45) is 0 Å². The summed E-state index contributed by atoms with van der Waals surface area (Å²) >= 11 is 0. The molecule has 0 bridgehead atoms. The molecule has 1 atom stereocenters. The zero-order valence-electron chi connectivity index (χ0n) is 16.2. The maximum atomic E-state index is 11.2. The number of nitrogens with zero attached hydrogens (tertiary/aromatic N) is 3. The van der Waals surface area contributed by atoms with Gasteiger partial charge in [0.1, 0.15) is 5.60 Å². The summed E-state index contributed by atoms with van der Waals surface area (Å²) in [5, 5.41) is 22.2. The van der Waals surface area contributed by atoms with Gasteiger partial charge in [-0.05, 0) is 55.8 Å². The molecular weight excluding hydrogens is 338 g/mol. The number of aliphatic hydroxyl groups is 2. The van der Waals surface area contributed by atoms with Crippen LogP contribution in [0.25, 0.3) is 10.9 Å². The zero-order valence-corrected chi connectivity index (χ0v) is 16.2.